The first-order valence-corrected chi connectivity index (χ1v) is 24.1. The van der Waals surface area contributed by atoms with Crippen LogP contribution in [0.3, 0.4) is 0 Å². The Morgan fingerprint density at radius 2 is 1.54 bits per heavy atom. The zero-order valence-electron chi connectivity index (χ0n) is 35.2. The van der Waals surface area contributed by atoms with Gasteiger partial charge in [0.2, 0.25) is 5.91 Å². The SMILES string of the molecule is COc1ccc([Si](C)(C)[C@@H]2[C@@H](CC(=O)N3CCC[C@H]3CO)O[C@]3(C(=O)N(Cc4ccc(N5C(=O)c6ccccc6Oc6ccccc65)cc4)c4ccc(OC)cc43)[C@H]2C)cc1. The monoisotopic (exact) mass is 837 g/mol. The molecule has 0 saturated carbocycles. The van der Waals surface area contributed by atoms with Crippen molar-refractivity contribution in [2.24, 2.45) is 5.92 Å². The number of nitrogens with zero attached hydrogens (tertiary/aromatic N) is 3. The highest BCUT2D eigenvalue weighted by Gasteiger charge is 2.66. The summed E-state index contributed by atoms with van der Waals surface area (Å²) in [6.07, 6.45) is 1.12. The number of aliphatic hydroxyl groups is 1. The Morgan fingerprint density at radius 3 is 2.26 bits per heavy atom. The van der Waals surface area contributed by atoms with Crippen molar-refractivity contribution in [3.05, 3.63) is 132 Å². The molecule has 314 valence electrons. The molecule has 61 heavy (non-hydrogen) atoms. The molecule has 4 aliphatic heterocycles. The summed E-state index contributed by atoms with van der Waals surface area (Å²) >= 11 is 0. The molecule has 5 atom stereocenters. The van der Waals surface area contributed by atoms with Crippen molar-refractivity contribution in [3.63, 3.8) is 0 Å². The highest BCUT2D eigenvalue weighted by molar-refractivity contribution is 6.91. The highest BCUT2D eigenvalue weighted by Crippen LogP contribution is 2.60. The second kappa shape index (κ2) is 15.8. The van der Waals surface area contributed by atoms with Crippen LogP contribution in [0.4, 0.5) is 17.1 Å². The molecule has 4 heterocycles. The van der Waals surface area contributed by atoms with Gasteiger partial charge < -0.3 is 33.9 Å². The Balaban J connectivity index is 1.08. The molecule has 0 unspecified atom stereocenters. The fourth-order valence-electron chi connectivity index (χ4n) is 10.4. The Labute approximate surface area is 357 Å². The minimum atomic E-state index is -2.53. The van der Waals surface area contributed by atoms with Crippen LogP contribution in [-0.4, -0.2) is 75.3 Å². The van der Waals surface area contributed by atoms with Gasteiger partial charge in [-0.15, -0.1) is 0 Å². The van der Waals surface area contributed by atoms with E-state index < -0.39 is 19.8 Å². The lowest BCUT2D eigenvalue weighted by molar-refractivity contribution is -0.150. The molecule has 1 N–H and O–H groups in total. The maximum atomic E-state index is 15.5. The highest BCUT2D eigenvalue weighted by atomic mass is 28.3. The van der Waals surface area contributed by atoms with Crippen molar-refractivity contribution in [2.45, 2.75) is 69.1 Å². The number of aliphatic hydroxyl groups excluding tert-OH is 1. The maximum absolute atomic E-state index is 15.5. The summed E-state index contributed by atoms with van der Waals surface area (Å²) in [5.41, 5.74) is 2.50. The Hall–Kier alpha value is -5.95. The van der Waals surface area contributed by atoms with Crippen molar-refractivity contribution in [1.29, 1.82) is 0 Å². The molecule has 11 nitrogen and oxygen atoms in total. The van der Waals surface area contributed by atoms with E-state index in [-0.39, 0.29) is 54.8 Å². The van der Waals surface area contributed by atoms with Gasteiger partial charge >= 0.3 is 0 Å². The van der Waals surface area contributed by atoms with Crippen LogP contribution in [0.2, 0.25) is 18.6 Å². The van der Waals surface area contributed by atoms with Crippen molar-refractivity contribution in [2.75, 3.05) is 37.2 Å². The molecule has 12 heteroatoms. The third-order valence-corrected chi connectivity index (χ3v) is 17.9. The largest absolute Gasteiger partial charge is 0.497 e. The minimum Gasteiger partial charge on any atom is -0.497 e. The third kappa shape index (κ3) is 6.68. The first kappa shape index (κ1) is 40.5. The predicted octanol–water partition coefficient (Wildman–Crippen LogP) is 7.92. The molecule has 9 rings (SSSR count). The number of carbonyl (C=O) groups is 3. The number of carbonyl (C=O) groups excluding carboxylic acids is 3. The zero-order valence-corrected chi connectivity index (χ0v) is 36.2. The summed E-state index contributed by atoms with van der Waals surface area (Å²) in [6, 6.07) is 36.0. The van der Waals surface area contributed by atoms with Gasteiger partial charge in [-0.1, -0.05) is 73.7 Å². The van der Waals surface area contributed by atoms with Gasteiger partial charge in [-0.2, -0.15) is 0 Å². The quantitative estimate of drug-likeness (QED) is 0.141. The van der Waals surface area contributed by atoms with Crippen LogP contribution < -0.4 is 29.2 Å². The van der Waals surface area contributed by atoms with Gasteiger partial charge in [-0.05, 0) is 90.7 Å². The number of ether oxygens (including phenoxy) is 4. The van der Waals surface area contributed by atoms with E-state index in [1.165, 1.54) is 5.19 Å². The molecular formula is C49H51N3O8Si. The Morgan fingerprint density at radius 1 is 0.852 bits per heavy atom. The second-order valence-electron chi connectivity index (χ2n) is 17.1. The molecule has 0 aromatic heterocycles. The van der Waals surface area contributed by atoms with Crippen molar-refractivity contribution < 1.29 is 38.4 Å². The average Bonchev–Trinajstić information content (AvgIpc) is 3.92. The number of hydrogen-bond acceptors (Lipinski definition) is 8. The lowest BCUT2D eigenvalue weighted by atomic mass is 9.82. The topological polar surface area (TPSA) is 118 Å². The van der Waals surface area contributed by atoms with Gasteiger partial charge in [-0.25, -0.2) is 0 Å². The summed E-state index contributed by atoms with van der Waals surface area (Å²) in [6.45, 7) is 7.45. The average molecular weight is 838 g/mol. The number of amides is 3. The summed E-state index contributed by atoms with van der Waals surface area (Å²) < 4.78 is 24.8. The molecule has 0 aliphatic carbocycles. The smallest absolute Gasteiger partial charge is 0.266 e. The van der Waals surface area contributed by atoms with E-state index in [1.54, 1.807) is 41.1 Å². The van der Waals surface area contributed by atoms with Crippen molar-refractivity contribution in [1.82, 2.24) is 4.90 Å². The molecule has 0 radical (unpaired) electrons. The van der Waals surface area contributed by atoms with Gasteiger partial charge in [0.1, 0.15) is 17.2 Å². The number of para-hydroxylation sites is 3. The number of methoxy groups -OCH3 is 2. The van der Waals surface area contributed by atoms with Gasteiger partial charge in [0.25, 0.3) is 11.8 Å². The van der Waals surface area contributed by atoms with Crippen LogP contribution in [0.25, 0.3) is 0 Å². The number of fused-ring (bicyclic) bond motifs is 4. The van der Waals surface area contributed by atoms with Gasteiger partial charge in [0.15, 0.2) is 11.4 Å². The van der Waals surface area contributed by atoms with E-state index in [0.717, 1.165) is 35.4 Å². The fourth-order valence-corrected chi connectivity index (χ4v) is 14.4. The fraction of sp³-hybridized carbons (Fsp3) is 0.327. The molecular weight excluding hydrogens is 787 g/mol. The number of benzene rings is 5. The molecule has 4 aliphatic rings. The zero-order chi connectivity index (χ0) is 42.6. The van der Waals surface area contributed by atoms with Crippen LogP contribution in [0, 0.1) is 5.92 Å². The summed E-state index contributed by atoms with van der Waals surface area (Å²) in [5.74, 6) is 1.64. The lowest BCUT2D eigenvalue weighted by Crippen LogP contribution is -2.52. The molecule has 5 aromatic rings. The second-order valence-corrected chi connectivity index (χ2v) is 21.8. The number of rotatable bonds is 10. The van der Waals surface area contributed by atoms with Gasteiger partial charge in [-0.3, -0.25) is 19.3 Å². The van der Waals surface area contributed by atoms with Crippen LogP contribution in [0.1, 0.15) is 47.7 Å². The lowest BCUT2D eigenvalue weighted by Gasteiger charge is -2.37. The van der Waals surface area contributed by atoms with Crippen LogP contribution in [0.15, 0.2) is 115 Å². The van der Waals surface area contributed by atoms with E-state index in [0.29, 0.717) is 40.7 Å². The molecule has 3 amide bonds. The van der Waals surface area contributed by atoms with E-state index in [1.807, 2.05) is 91.0 Å². The van der Waals surface area contributed by atoms with Crippen molar-refractivity contribution in [3.8, 4) is 23.0 Å². The van der Waals surface area contributed by atoms with E-state index >= 15 is 4.79 Å². The predicted molar refractivity (Wildman–Crippen MR) is 236 cm³/mol. The molecule has 1 spiro atoms. The van der Waals surface area contributed by atoms with Crippen molar-refractivity contribution >= 4 is 48.0 Å². The molecule has 0 bridgehead atoms. The van der Waals surface area contributed by atoms with Crippen LogP contribution in [-0.2, 0) is 26.5 Å². The van der Waals surface area contributed by atoms with Crippen LogP contribution >= 0.6 is 0 Å². The Kier molecular flexibility index (Phi) is 10.5. The van der Waals surface area contributed by atoms with Gasteiger partial charge in [0.05, 0.1) is 70.9 Å². The number of anilines is 3. The first-order valence-electron chi connectivity index (χ1n) is 21.0. The first-order chi connectivity index (χ1) is 29.5. The maximum Gasteiger partial charge on any atom is 0.266 e. The standard InChI is InChI=1S/C49H51N3O8Si/c1-31-46(61(4,5)37-23-20-35(57-2)21-24-37)44(28-45(54)50-26-10-11-34(50)30-53)60-49(31)39-27-36(58-3)22-25-40(39)51(48(49)56)29-32-16-18-33(19-17-32)52-41-13-7-9-15-43(41)59-42-14-8-6-12-38(42)47(52)55/h6-9,12-25,27,31,34,44,46,53H,10-11,26,28-30H2,1-5H3/t31-,34-,44+,46-,49+/m0/s1. The molecule has 2 saturated heterocycles. The number of hydrogen-bond donors (Lipinski definition) is 1. The molecule has 5 aromatic carbocycles. The van der Waals surface area contributed by atoms with Gasteiger partial charge in [0, 0.05) is 23.7 Å². The summed E-state index contributed by atoms with van der Waals surface area (Å²) in [5, 5.41) is 11.3. The number of likely N-dealkylation sites (tertiary alicyclic amines) is 1. The van der Waals surface area contributed by atoms with E-state index in [4.69, 9.17) is 18.9 Å². The molecule has 2 fully saturated rings. The van der Waals surface area contributed by atoms with E-state index in [9.17, 15) is 14.7 Å². The summed E-state index contributed by atoms with van der Waals surface area (Å²) in [4.78, 5) is 49.1. The van der Waals surface area contributed by atoms with Crippen LogP contribution in [0.5, 0.6) is 23.0 Å². The minimum absolute atomic E-state index is 0.0656. The van der Waals surface area contributed by atoms with E-state index in [2.05, 4.69) is 32.2 Å². The Bertz CT molecular complexity index is 2490. The normalized spacial score (nSPS) is 23.1. The summed E-state index contributed by atoms with van der Waals surface area (Å²) in [7, 11) is 0.733. The third-order valence-electron chi connectivity index (χ3n) is 13.5.